The van der Waals surface area contributed by atoms with E-state index < -0.39 is 0 Å². The van der Waals surface area contributed by atoms with Gasteiger partial charge in [-0.25, -0.2) is 19.9 Å². The second-order valence-corrected chi connectivity index (χ2v) is 7.61. The molecule has 0 aliphatic carbocycles. The van der Waals surface area contributed by atoms with E-state index in [1.165, 1.54) is 0 Å². The van der Waals surface area contributed by atoms with E-state index in [0.717, 1.165) is 34.5 Å². The Morgan fingerprint density at radius 2 is 2.25 bits per heavy atom. The summed E-state index contributed by atoms with van der Waals surface area (Å²) in [4.78, 5) is 34.7. The first-order chi connectivity index (χ1) is 13.6. The van der Waals surface area contributed by atoms with Crippen LogP contribution in [0, 0.1) is 13.8 Å². The number of nitrogens with zero attached hydrogens (tertiary/aromatic N) is 5. The number of thiazole rings is 1. The predicted molar refractivity (Wildman–Crippen MR) is 108 cm³/mol. The fourth-order valence-corrected chi connectivity index (χ4v) is 3.91. The number of likely N-dealkylation sites (tertiary alicyclic amines) is 1. The Morgan fingerprint density at radius 1 is 1.36 bits per heavy atom. The maximum atomic E-state index is 12.4. The second-order valence-electron chi connectivity index (χ2n) is 6.75. The van der Waals surface area contributed by atoms with Crippen LogP contribution in [0.2, 0.25) is 0 Å². The van der Waals surface area contributed by atoms with E-state index in [9.17, 15) is 4.79 Å². The molecule has 0 bridgehead atoms. The van der Waals surface area contributed by atoms with Crippen LogP contribution in [0.25, 0.3) is 6.08 Å². The summed E-state index contributed by atoms with van der Waals surface area (Å²) in [6, 6.07) is 1.96. The third kappa shape index (κ3) is 4.25. The molecular weight excluding hydrogens is 374 g/mol. The van der Waals surface area contributed by atoms with Crippen LogP contribution >= 0.6 is 11.3 Å². The molecule has 3 aromatic rings. The molecule has 0 spiro atoms. The molecule has 1 saturated heterocycles. The molecule has 1 amide bonds. The highest BCUT2D eigenvalue weighted by atomic mass is 32.1. The van der Waals surface area contributed by atoms with Crippen molar-refractivity contribution in [1.29, 1.82) is 0 Å². The van der Waals surface area contributed by atoms with Crippen molar-refractivity contribution < 1.29 is 4.79 Å². The lowest BCUT2D eigenvalue weighted by Crippen LogP contribution is -2.26. The topological polar surface area (TPSA) is 99.7 Å². The minimum atomic E-state index is -0.000475. The number of carbonyl (C=O) groups excluding carboxylic acids is 1. The van der Waals surface area contributed by atoms with Crippen LogP contribution in [0.4, 0.5) is 10.9 Å². The summed E-state index contributed by atoms with van der Waals surface area (Å²) in [6.07, 6.45) is 7.48. The fourth-order valence-electron chi connectivity index (χ4n) is 3.21. The van der Waals surface area contributed by atoms with E-state index in [-0.39, 0.29) is 11.8 Å². The Hall–Kier alpha value is -3.07. The van der Waals surface area contributed by atoms with E-state index in [1.54, 1.807) is 36.0 Å². The van der Waals surface area contributed by atoms with Crippen molar-refractivity contribution >= 4 is 34.3 Å². The van der Waals surface area contributed by atoms with Crippen LogP contribution in [0.15, 0.2) is 30.0 Å². The number of hydrogen-bond donors (Lipinski definition) is 2. The number of nitrogens with one attached hydrogen (secondary N) is 2. The van der Waals surface area contributed by atoms with Crippen molar-refractivity contribution in [3.05, 3.63) is 53.0 Å². The summed E-state index contributed by atoms with van der Waals surface area (Å²) < 4.78 is 0. The van der Waals surface area contributed by atoms with Gasteiger partial charge in [-0.15, -0.1) is 11.3 Å². The summed E-state index contributed by atoms with van der Waals surface area (Å²) in [7, 11) is 0. The zero-order valence-corrected chi connectivity index (χ0v) is 16.5. The number of aromatic amines is 1. The monoisotopic (exact) mass is 395 g/mol. The van der Waals surface area contributed by atoms with Gasteiger partial charge < -0.3 is 15.2 Å². The smallest absolute Gasteiger partial charge is 0.246 e. The van der Waals surface area contributed by atoms with Gasteiger partial charge in [-0.2, -0.15) is 0 Å². The van der Waals surface area contributed by atoms with Gasteiger partial charge in [0.1, 0.15) is 11.6 Å². The van der Waals surface area contributed by atoms with Crippen molar-refractivity contribution in [3.8, 4) is 0 Å². The van der Waals surface area contributed by atoms with Gasteiger partial charge in [0.2, 0.25) is 5.91 Å². The van der Waals surface area contributed by atoms with Gasteiger partial charge in [0.25, 0.3) is 0 Å². The lowest BCUT2D eigenvalue weighted by atomic mass is 10.0. The lowest BCUT2D eigenvalue weighted by Gasteiger charge is -2.15. The van der Waals surface area contributed by atoms with Crippen molar-refractivity contribution in [2.45, 2.75) is 26.2 Å². The lowest BCUT2D eigenvalue weighted by molar-refractivity contribution is -0.124. The predicted octanol–water partition coefficient (Wildman–Crippen LogP) is 3.05. The van der Waals surface area contributed by atoms with Crippen LogP contribution in [0.3, 0.4) is 0 Å². The molecule has 28 heavy (non-hydrogen) atoms. The maximum Gasteiger partial charge on any atom is 0.246 e. The van der Waals surface area contributed by atoms with Gasteiger partial charge in [0.15, 0.2) is 5.13 Å². The van der Waals surface area contributed by atoms with Crippen LogP contribution < -0.4 is 5.32 Å². The van der Waals surface area contributed by atoms with E-state index in [1.807, 2.05) is 30.2 Å². The zero-order chi connectivity index (χ0) is 19.5. The molecule has 4 rings (SSSR count). The van der Waals surface area contributed by atoms with Gasteiger partial charge in [-0.1, -0.05) is 0 Å². The van der Waals surface area contributed by atoms with Gasteiger partial charge >= 0.3 is 0 Å². The Bertz CT molecular complexity index is 996. The number of aryl methyl sites for hydroxylation is 2. The van der Waals surface area contributed by atoms with Crippen LogP contribution in [-0.2, 0) is 4.79 Å². The molecular formula is C19H21N7OS. The number of anilines is 2. The maximum absolute atomic E-state index is 12.4. The quantitative estimate of drug-likeness (QED) is 0.644. The number of amides is 1. The molecule has 1 aliphatic rings. The molecule has 1 fully saturated rings. The normalized spacial score (nSPS) is 16.8. The Morgan fingerprint density at radius 3 is 3.00 bits per heavy atom. The van der Waals surface area contributed by atoms with E-state index in [4.69, 9.17) is 0 Å². The molecule has 9 heteroatoms. The molecule has 1 aliphatic heterocycles. The first kappa shape index (κ1) is 18.3. The van der Waals surface area contributed by atoms with Crippen LogP contribution in [-0.4, -0.2) is 48.8 Å². The number of carbonyl (C=O) groups is 1. The van der Waals surface area contributed by atoms with E-state index in [0.29, 0.717) is 18.9 Å². The minimum Gasteiger partial charge on any atom is -0.345 e. The molecule has 0 saturated carbocycles. The molecule has 2 N–H and O–H groups in total. The van der Waals surface area contributed by atoms with E-state index in [2.05, 4.69) is 30.2 Å². The number of hydrogen-bond acceptors (Lipinski definition) is 7. The summed E-state index contributed by atoms with van der Waals surface area (Å²) in [5.41, 5.74) is 2.74. The SMILES string of the molecule is Cc1csc(Nc2cc([C@H]3CCN(C(=O)/C=C/c4cnc[nH]4)C3)nc(C)n2)n1. The average Bonchev–Trinajstić information content (AvgIpc) is 3.41. The summed E-state index contributed by atoms with van der Waals surface area (Å²) in [6.45, 7) is 5.21. The minimum absolute atomic E-state index is 0.000475. The fraction of sp³-hybridized carbons (Fsp3) is 0.316. The molecule has 0 aromatic carbocycles. The molecule has 0 unspecified atom stereocenters. The second kappa shape index (κ2) is 7.89. The summed E-state index contributed by atoms with van der Waals surface area (Å²) in [5, 5.41) is 6.06. The van der Waals surface area contributed by atoms with Crippen molar-refractivity contribution in [1.82, 2.24) is 29.8 Å². The van der Waals surface area contributed by atoms with Gasteiger partial charge in [0.05, 0.1) is 29.6 Å². The zero-order valence-electron chi connectivity index (χ0n) is 15.7. The highest BCUT2D eigenvalue weighted by molar-refractivity contribution is 7.13. The summed E-state index contributed by atoms with van der Waals surface area (Å²) in [5.74, 6) is 1.64. The number of H-pyrrole nitrogens is 1. The highest BCUT2D eigenvalue weighted by Crippen LogP contribution is 2.28. The van der Waals surface area contributed by atoms with E-state index >= 15 is 0 Å². The van der Waals surface area contributed by atoms with Gasteiger partial charge in [0, 0.05) is 36.5 Å². The van der Waals surface area contributed by atoms with Crippen molar-refractivity contribution in [3.63, 3.8) is 0 Å². The largest absolute Gasteiger partial charge is 0.345 e. The standard InChI is InChI=1S/C19H21N7OS/c1-12-10-28-19(22-12)25-17-7-16(23-13(2)24-17)14-5-6-26(9-14)18(27)4-3-15-8-20-11-21-15/h3-4,7-8,10-11,14H,5-6,9H2,1-2H3,(H,20,21)(H,22,23,24,25)/b4-3+/t14-/m0/s1. The Labute approximate surface area is 166 Å². The van der Waals surface area contributed by atoms with Gasteiger partial charge in [-0.3, -0.25) is 4.79 Å². The first-order valence-corrected chi connectivity index (χ1v) is 9.95. The molecule has 0 radical (unpaired) electrons. The van der Waals surface area contributed by atoms with Crippen LogP contribution in [0.1, 0.15) is 35.2 Å². The third-order valence-electron chi connectivity index (χ3n) is 4.55. The number of rotatable bonds is 5. The van der Waals surface area contributed by atoms with Crippen LogP contribution in [0.5, 0.6) is 0 Å². The molecule has 8 nitrogen and oxygen atoms in total. The molecule has 1 atom stereocenters. The summed E-state index contributed by atoms with van der Waals surface area (Å²) >= 11 is 1.55. The number of aromatic nitrogens is 5. The average molecular weight is 395 g/mol. The number of imidazole rings is 1. The Kier molecular flexibility index (Phi) is 5.16. The highest BCUT2D eigenvalue weighted by Gasteiger charge is 2.27. The van der Waals surface area contributed by atoms with Crippen molar-refractivity contribution in [2.24, 2.45) is 0 Å². The first-order valence-electron chi connectivity index (χ1n) is 9.07. The Balaban J connectivity index is 1.44. The molecule has 4 heterocycles. The molecule has 3 aromatic heterocycles. The van der Waals surface area contributed by atoms with Gasteiger partial charge in [-0.05, 0) is 26.3 Å². The third-order valence-corrected chi connectivity index (χ3v) is 5.43. The van der Waals surface area contributed by atoms with Crippen molar-refractivity contribution in [2.75, 3.05) is 18.4 Å². The molecule has 144 valence electrons.